The largest absolute Gasteiger partial charge is 0.339 e. The maximum atomic E-state index is 12.8. The summed E-state index contributed by atoms with van der Waals surface area (Å²) in [5.41, 5.74) is 0. The lowest BCUT2D eigenvalue weighted by Crippen LogP contribution is -2.57. The summed E-state index contributed by atoms with van der Waals surface area (Å²) in [4.78, 5) is 33.9. The average molecular weight is 399 g/mol. The maximum Gasteiger partial charge on any atom is 0.239 e. The number of halogens is 1. The molecule has 3 rings (SSSR count). The Balaban J connectivity index is 1.45. The zero-order valence-electron chi connectivity index (χ0n) is 15.5. The van der Waals surface area contributed by atoms with Gasteiger partial charge in [0.2, 0.25) is 11.8 Å². The molecule has 144 valence electrons. The van der Waals surface area contributed by atoms with Gasteiger partial charge in [0, 0.05) is 70.7 Å². The van der Waals surface area contributed by atoms with Crippen LogP contribution in [0.3, 0.4) is 0 Å². The lowest BCUT2D eigenvalue weighted by molar-refractivity contribution is -0.142. The molecule has 0 radical (unpaired) electrons. The first kappa shape index (κ1) is 19.6. The Kier molecular flexibility index (Phi) is 6.55. The number of nitrogens with zero attached hydrogens (tertiary/aromatic N) is 4. The molecule has 2 saturated heterocycles. The summed E-state index contributed by atoms with van der Waals surface area (Å²) in [5, 5.41) is 0. The molecule has 0 aromatic carbocycles. The van der Waals surface area contributed by atoms with Crippen LogP contribution in [0.1, 0.15) is 18.7 Å². The van der Waals surface area contributed by atoms with Crippen molar-refractivity contribution in [3.63, 3.8) is 0 Å². The van der Waals surface area contributed by atoms with Gasteiger partial charge in [0.25, 0.3) is 0 Å². The highest BCUT2D eigenvalue weighted by Crippen LogP contribution is 2.23. The van der Waals surface area contributed by atoms with Gasteiger partial charge in [0.15, 0.2) is 0 Å². The van der Waals surface area contributed by atoms with Gasteiger partial charge in [0.05, 0.1) is 10.4 Å². The van der Waals surface area contributed by atoms with E-state index in [1.54, 1.807) is 18.3 Å². The zero-order chi connectivity index (χ0) is 18.7. The van der Waals surface area contributed by atoms with Crippen molar-refractivity contribution in [2.45, 2.75) is 26.4 Å². The highest BCUT2D eigenvalue weighted by molar-refractivity contribution is 7.16. The summed E-state index contributed by atoms with van der Waals surface area (Å²) in [6, 6.07) is 3.94. The molecular weight excluding hydrogens is 372 g/mol. The van der Waals surface area contributed by atoms with Crippen LogP contribution in [0.25, 0.3) is 0 Å². The Morgan fingerprint density at radius 3 is 2.19 bits per heavy atom. The Morgan fingerprint density at radius 2 is 1.65 bits per heavy atom. The van der Waals surface area contributed by atoms with Crippen LogP contribution in [-0.4, -0.2) is 89.8 Å². The molecule has 2 aliphatic heterocycles. The topological polar surface area (TPSA) is 47.1 Å². The molecule has 2 fully saturated rings. The van der Waals surface area contributed by atoms with Crippen LogP contribution in [0.15, 0.2) is 12.1 Å². The van der Waals surface area contributed by atoms with Gasteiger partial charge >= 0.3 is 0 Å². The van der Waals surface area contributed by atoms with Gasteiger partial charge in [-0.15, -0.1) is 11.3 Å². The van der Waals surface area contributed by atoms with Gasteiger partial charge in [-0.05, 0) is 19.1 Å². The molecular formula is C18H27ClN4O2S. The lowest BCUT2D eigenvalue weighted by Gasteiger charge is -2.40. The first-order chi connectivity index (χ1) is 12.4. The van der Waals surface area contributed by atoms with E-state index in [4.69, 9.17) is 11.6 Å². The summed E-state index contributed by atoms with van der Waals surface area (Å²) < 4.78 is 0.836. The molecule has 0 N–H and O–H groups in total. The molecule has 1 aromatic rings. The summed E-state index contributed by atoms with van der Waals surface area (Å²) >= 11 is 7.64. The maximum absolute atomic E-state index is 12.8. The predicted molar refractivity (Wildman–Crippen MR) is 104 cm³/mol. The number of hydrogen-bond acceptors (Lipinski definition) is 5. The molecule has 8 heteroatoms. The molecule has 1 unspecified atom stereocenters. The molecule has 0 aliphatic carbocycles. The minimum absolute atomic E-state index is 0.0910. The van der Waals surface area contributed by atoms with Gasteiger partial charge in [-0.3, -0.25) is 19.4 Å². The van der Waals surface area contributed by atoms with Crippen molar-refractivity contribution in [2.24, 2.45) is 0 Å². The van der Waals surface area contributed by atoms with Crippen molar-refractivity contribution < 1.29 is 9.59 Å². The second-order valence-corrected chi connectivity index (χ2v) is 8.82. The minimum atomic E-state index is -0.0998. The highest BCUT2D eigenvalue weighted by Gasteiger charge is 2.30. The lowest BCUT2D eigenvalue weighted by atomic mass is 10.2. The number of thiophene rings is 1. The second-order valence-electron chi connectivity index (χ2n) is 7.03. The number of carbonyl (C=O) groups is 2. The van der Waals surface area contributed by atoms with Gasteiger partial charge in [-0.1, -0.05) is 11.6 Å². The fraction of sp³-hybridized carbons (Fsp3) is 0.667. The van der Waals surface area contributed by atoms with Crippen LogP contribution in [0.5, 0.6) is 0 Å². The van der Waals surface area contributed by atoms with Crippen LogP contribution >= 0.6 is 22.9 Å². The van der Waals surface area contributed by atoms with Crippen molar-refractivity contribution in [1.82, 2.24) is 19.6 Å². The first-order valence-corrected chi connectivity index (χ1v) is 10.4. The SMILES string of the molecule is CC(=O)N1CCN(C(=O)C(C)N2CCN(Cc3ccc(Cl)s3)CC2)CC1. The second kappa shape index (κ2) is 8.69. The molecule has 2 aliphatic rings. The monoisotopic (exact) mass is 398 g/mol. The third-order valence-corrected chi connectivity index (χ3v) is 6.57. The Morgan fingerprint density at radius 1 is 1.04 bits per heavy atom. The molecule has 1 atom stereocenters. The molecule has 2 amide bonds. The van der Waals surface area contributed by atoms with Crippen molar-refractivity contribution in [1.29, 1.82) is 0 Å². The van der Waals surface area contributed by atoms with E-state index in [2.05, 4.69) is 15.9 Å². The molecule has 1 aromatic heterocycles. The van der Waals surface area contributed by atoms with Crippen molar-refractivity contribution in [3.05, 3.63) is 21.3 Å². The molecule has 6 nitrogen and oxygen atoms in total. The van der Waals surface area contributed by atoms with Crippen LogP contribution in [-0.2, 0) is 16.1 Å². The number of hydrogen-bond donors (Lipinski definition) is 0. The van der Waals surface area contributed by atoms with E-state index in [1.165, 1.54) is 4.88 Å². The summed E-state index contributed by atoms with van der Waals surface area (Å²) in [7, 11) is 0. The summed E-state index contributed by atoms with van der Waals surface area (Å²) in [6.45, 7) is 10.8. The van der Waals surface area contributed by atoms with Crippen molar-refractivity contribution in [3.8, 4) is 0 Å². The van der Waals surface area contributed by atoms with Crippen molar-refractivity contribution in [2.75, 3.05) is 52.4 Å². The fourth-order valence-electron chi connectivity index (χ4n) is 3.63. The third kappa shape index (κ3) is 4.76. The smallest absolute Gasteiger partial charge is 0.239 e. The Bertz CT molecular complexity index is 637. The van der Waals surface area contributed by atoms with E-state index >= 15 is 0 Å². The summed E-state index contributed by atoms with van der Waals surface area (Å²) in [6.07, 6.45) is 0. The Labute approximate surface area is 164 Å². The van der Waals surface area contributed by atoms with Crippen LogP contribution < -0.4 is 0 Å². The normalized spacial score (nSPS) is 21.0. The molecule has 0 spiro atoms. The van der Waals surface area contributed by atoms with E-state index in [1.807, 2.05) is 22.8 Å². The first-order valence-electron chi connectivity index (χ1n) is 9.19. The van der Waals surface area contributed by atoms with Gasteiger partial charge in [-0.2, -0.15) is 0 Å². The van der Waals surface area contributed by atoms with Crippen molar-refractivity contribution >= 4 is 34.8 Å². The van der Waals surface area contributed by atoms with E-state index in [-0.39, 0.29) is 17.9 Å². The van der Waals surface area contributed by atoms with Gasteiger partial charge in [0.1, 0.15) is 0 Å². The van der Waals surface area contributed by atoms with Crippen LogP contribution in [0.4, 0.5) is 0 Å². The van der Waals surface area contributed by atoms with E-state index in [0.29, 0.717) is 26.2 Å². The molecule has 26 heavy (non-hydrogen) atoms. The highest BCUT2D eigenvalue weighted by atomic mass is 35.5. The molecule has 0 saturated carbocycles. The standard InChI is InChI=1S/C18H27ClN4O2S/c1-14(18(25)23-11-9-22(10-12-23)15(2)24)21-7-5-20(6-8-21)13-16-3-4-17(19)26-16/h3-4,14H,5-13H2,1-2H3. The fourth-order valence-corrected chi connectivity index (χ4v) is 4.76. The van der Waals surface area contributed by atoms with Crippen LogP contribution in [0.2, 0.25) is 4.34 Å². The van der Waals surface area contributed by atoms with E-state index in [9.17, 15) is 9.59 Å². The Hall–Kier alpha value is -1.15. The molecule has 0 bridgehead atoms. The minimum Gasteiger partial charge on any atom is -0.339 e. The third-order valence-electron chi connectivity index (χ3n) is 5.36. The van der Waals surface area contributed by atoms with E-state index < -0.39 is 0 Å². The number of rotatable bonds is 4. The number of carbonyl (C=O) groups excluding carboxylic acids is 2. The number of amides is 2. The van der Waals surface area contributed by atoms with Gasteiger partial charge in [-0.25, -0.2) is 0 Å². The van der Waals surface area contributed by atoms with Gasteiger partial charge < -0.3 is 9.80 Å². The number of piperazine rings is 2. The quantitative estimate of drug-likeness (QED) is 0.772. The zero-order valence-corrected chi connectivity index (χ0v) is 17.1. The predicted octanol–water partition coefficient (Wildman–Crippen LogP) is 1.60. The molecule has 3 heterocycles. The van der Waals surface area contributed by atoms with E-state index in [0.717, 1.165) is 37.1 Å². The average Bonchev–Trinajstić information content (AvgIpc) is 3.06. The van der Waals surface area contributed by atoms with Crippen LogP contribution in [0, 0.1) is 0 Å². The summed E-state index contributed by atoms with van der Waals surface area (Å²) in [5.74, 6) is 0.278.